The third kappa shape index (κ3) is 12.4. The number of hydrogen-bond donors (Lipinski definition) is 0. The highest BCUT2D eigenvalue weighted by atomic mass is 28.5. The van der Waals surface area contributed by atoms with Gasteiger partial charge in [0.05, 0.1) is 0 Å². The zero-order valence-electron chi connectivity index (χ0n) is 21.8. The fourth-order valence-electron chi connectivity index (χ4n) is 4.21. The van der Waals surface area contributed by atoms with Gasteiger partial charge in [-0.05, 0) is 85.5 Å². The monoisotopic (exact) mass is 536 g/mol. The molecule has 12 heteroatoms. The van der Waals surface area contributed by atoms with Gasteiger partial charge in [-0.15, -0.1) is 0 Å². The Balaban J connectivity index is 0.000000577. The van der Waals surface area contributed by atoms with Crippen LogP contribution >= 0.6 is 0 Å². The average Bonchev–Trinajstić information content (AvgIpc) is 2.38. The van der Waals surface area contributed by atoms with Gasteiger partial charge in [-0.25, -0.2) is 0 Å². The molecule has 0 bridgehead atoms. The molecule has 0 amide bonds. The van der Waals surface area contributed by atoms with Crippen molar-refractivity contribution < 1.29 is 24.7 Å². The Labute approximate surface area is 197 Å². The molecule has 0 atom stereocenters. The van der Waals surface area contributed by atoms with Gasteiger partial charge >= 0.3 is 51.4 Å². The third-order valence-corrected chi connectivity index (χ3v) is 27.5. The molecule has 1 aromatic rings. The zero-order valence-corrected chi connectivity index (χ0v) is 27.8. The fraction of sp³-hybridized carbons (Fsp3) is 0.684. The van der Waals surface area contributed by atoms with Gasteiger partial charge in [0.15, 0.2) is 0 Å². The first-order valence-electron chi connectivity index (χ1n) is 10.9. The highest BCUT2D eigenvalue weighted by molar-refractivity contribution is 6.93. The van der Waals surface area contributed by atoms with Crippen LogP contribution in [-0.4, -0.2) is 51.4 Å². The lowest BCUT2D eigenvalue weighted by atomic mass is 10.2. The summed E-state index contributed by atoms with van der Waals surface area (Å²) in [6.45, 7) is 26.9. The van der Waals surface area contributed by atoms with E-state index in [0.29, 0.717) is 0 Å². The Morgan fingerprint density at radius 2 is 0.581 bits per heavy atom. The number of benzene rings is 1. The van der Waals surface area contributed by atoms with Gasteiger partial charge in [0.1, 0.15) is 0 Å². The predicted molar refractivity (Wildman–Crippen MR) is 143 cm³/mol. The van der Waals surface area contributed by atoms with E-state index < -0.39 is 51.4 Å². The first-order valence-corrected chi connectivity index (χ1v) is 27.8. The molecule has 1 aliphatic rings. The van der Waals surface area contributed by atoms with Gasteiger partial charge in [-0.3, -0.25) is 0 Å². The second-order valence-electron chi connectivity index (χ2n) is 10.7. The molecular formula is C19H44O6Si6. The van der Waals surface area contributed by atoms with Crippen molar-refractivity contribution >= 4 is 51.4 Å². The Morgan fingerprint density at radius 3 is 0.710 bits per heavy atom. The van der Waals surface area contributed by atoms with Gasteiger partial charge in [0.2, 0.25) is 0 Å². The van der Waals surface area contributed by atoms with Crippen molar-refractivity contribution in [3.8, 4) is 0 Å². The van der Waals surface area contributed by atoms with Crippen molar-refractivity contribution in [2.45, 2.75) is 85.5 Å². The summed E-state index contributed by atoms with van der Waals surface area (Å²) >= 11 is 0. The van der Waals surface area contributed by atoms with E-state index in [2.05, 4.69) is 97.6 Å². The maximum absolute atomic E-state index is 6.44. The summed E-state index contributed by atoms with van der Waals surface area (Å²) in [5, 5.41) is 0. The average molecular weight is 537 g/mol. The molecule has 0 spiro atoms. The van der Waals surface area contributed by atoms with Crippen molar-refractivity contribution in [2.75, 3.05) is 0 Å². The molecule has 0 aliphatic carbocycles. The molecule has 31 heavy (non-hydrogen) atoms. The SMILES string of the molecule is C[Si]1(C)O[Si](C)(C)O[Si](C)(C)O[Si](C)(C)O[Si](C)(C)O[Si](C)(C)O1.Cc1ccccc1. The molecule has 0 unspecified atom stereocenters. The summed E-state index contributed by atoms with van der Waals surface area (Å²) < 4.78 is 38.6. The van der Waals surface area contributed by atoms with Crippen molar-refractivity contribution in [1.29, 1.82) is 0 Å². The van der Waals surface area contributed by atoms with Gasteiger partial charge in [0.25, 0.3) is 0 Å². The summed E-state index contributed by atoms with van der Waals surface area (Å²) in [4.78, 5) is 0. The van der Waals surface area contributed by atoms with Gasteiger partial charge < -0.3 is 24.7 Å². The highest BCUT2D eigenvalue weighted by Crippen LogP contribution is 2.30. The second-order valence-corrected chi connectivity index (χ2v) is 32.4. The topological polar surface area (TPSA) is 55.4 Å². The van der Waals surface area contributed by atoms with E-state index in [4.69, 9.17) is 24.7 Å². The molecular weight excluding hydrogens is 493 g/mol. The minimum absolute atomic E-state index is 1.32. The van der Waals surface area contributed by atoms with Crippen LogP contribution in [0.1, 0.15) is 5.56 Å². The lowest BCUT2D eigenvalue weighted by molar-refractivity contribution is 0.240. The maximum atomic E-state index is 6.44. The molecule has 0 aromatic heterocycles. The van der Waals surface area contributed by atoms with E-state index in [-0.39, 0.29) is 0 Å². The third-order valence-electron chi connectivity index (χ3n) is 3.89. The number of aryl methyl sites for hydroxylation is 1. The van der Waals surface area contributed by atoms with E-state index in [0.717, 1.165) is 0 Å². The summed E-state index contributed by atoms with van der Waals surface area (Å²) in [5.41, 5.74) is 1.32. The molecule has 0 N–H and O–H groups in total. The van der Waals surface area contributed by atoms with Crippen LogP contribution < -0.4 is 0 Å². The van der Waals surface area contributed by atoms with Crippen molar-refractivity contribution in [3.05, 3.63) is 35.9 Å². The van der Waals surface area contributed by atoms with E-state index in [1.54, 1.807) is 0 Å². The van der Waals surface area contributed by atoms with Crippen molar-refractivity contribution in [1.82, 2.24) is 0 Å². The lowest BCUT2D eigenvalue weighted by Gasteiger charge is -2.46. The van der Waals surface area contributed by atoms with Crippen LogP contribution in [0.4, 0.5) is 0 Å². The minimum Gasteiger partial charge on any atom is -0.416 e. The Hall–Kier alpha value is 0.281. The molecule has 1 heterocycles. The maximum Gasteiger partial charge on any atom is 0.314 e. The molecule has 2 rings (SSSR count). The summed E-state index contributed by atoms with van der Waals surface area (Å²) in [5.74, 6) is 0. The highest BCUT2D eigenvalue weighted by Gasteiger charge is 2.51. The number of hydrogen-bond acceptors (Lipinski definition) is 6. The van der Waals surface area contributed by atoms with Crippen LogP contribution in [0, 0.1) is 6.92 Å². The van der Waals surface area contributed by atoms with E-state index >= 15 is 0 Å². The molecule has 1 aromatic carbocycles. The standard InChI is InChI=1S/C12H36O6Si6.C7H8/c1-19(2)13-20(3,4)15-22(7,8)17-24(11,12)18-23(9,10)16-21(5,6)14-19;1-7-5-3-2-4-6-7/h1-12H3;2-6H,1H3. The second kappa shape index (κ2) is 10.3. The van der Waals surface area contributed by atoms with Crippen molar-refractivity contribution in [2.24, 2.45) is 0 Å². The van der Waals surface area contributed by atoms with Crippen LogP contribution in [0.5, 0.6) is 0 Å². The molecule has 6 nitrogen and oxygen atoms in total. The zero-order chi connectivity index (χ0) is 24.4. The van der Waals surface area contributed by atoms with Crippen LogP contribution in [0.15, 0.2) is 30.3 Å². The molecule has 0 radical (unpaired) electrons. The largest absolute Gasteiger partial charge is 0.416 e. The molecule has 180 valence electrons. The minimum atomic E-state index is -2.38. The summed E-state index contributed by atoms with van der Waals surface area (Å²) in [6, 6.07) is 10.3. The van der Waals surface area contributed by atoms with Gasteiger partial charge in [-0.2, -0.15) is 0 Å². The number of rotatable bonds is 0. The van der Waals surface area contributed by atoms with Crippen LogP contribution in [0.25, 0.3) is 0 Å². The quantitative estimate of drug-likeness (QED) is 0.362. The van der Waals surface area contributed by atoms with E-state index in [1.807, 2.05) is 18.2 Å². The Kier molecular flexibility index (Phi) is 9.71. The fourth-order valence-corrected chi connectivity index (χ4v) is 35.9. The molecule has 1 saturated heterocycles. The predicted octanol–water partition coefficient (Wildman–Crippen LogP) is 6.31. The summed E-state index contributed by atoms with van der Waals surface area (Å²) in [7, 11) is -14.3. The smallest absolute Gasteiger partial charge is 0.314 e. The lowest BCUT2D eigenvalue weighted by Crippen LogP contribution is -2.64. The van der Waals surface area contributed by atoms with E-state index in [1.165, 1.54) is 5.56 Å². The first kappa shape index (κ1) is 29.3. The normalized spacial score (nSPS) is 26.4. The van der Waals surface area contributed by atoms with Crippen LogP contribution in [0.2, 0.25) is 78.6 Å². The molecule has 0 saturated carbocycles. The molecule has 1 fully saturated rings. The Morgan fingerprint density at radius 1 is 0.387 bits per heavy atom. The first-order chi connectivity index (χ1) is 13.6. The van der Waals surface area contributed by atoms with Crippen molar-refractivity contribution in [3.63, 3.8) is 0 Å². The van der Waals surface area contributed by atoms with Crippen LogP contribution in [0.3, 0.4) is 0 Å². The van der Waals surface area contributed by atoms with E-state index in [9.17, 15) is 0 Å². The molecule has 1 aliphatic heterocycles. The summed E-state index contributed by atoms with van der Waals surface area (Å²) in [6.07, 6.45) is 0. The van der Waals surface area contributed by atoms with Gasteiger partial charge in [0, 0.05) is 0 Å². The van der Waals surface area contributed by atoms with Gasteiger partial charge in [-0.1, -0.05) is 35.9 Å². The van der Waals surface area contributed by atoms with Crippen LogP contribution in [-0.2, 0) is 24.7 Å². The Bertz CT molecular complexity index is 577.